The maximum atomic E-state index is 11.6. The summed E-state index contributed by atoms with van der Waals surface area (Å²) < 4.78 is 6.42. The number of aliphatic hydroxyl groups excluding tert-OH is 1. The van der Waals surface area contributed by atoms with Crippen LogP contribution in [0.2, 0.25) is 0 Å². The third-order valence-electron chi connectivity index (χ3n) is 2.61. The summed E-state index contributed by atoms with van der Waals surface area (Å²) in [4.78, 5) is 15.5. The van der Waals surface area contributed by atoms with Crippen molar-refractivity contribution < 1.29 is 14.6 Å². The summed E-state index contributed by atoms with van der Waals surface area (Å²) in [6, 6.07) is 9.24. The minimum absolute atomic E-state index is 0.000961. The number of benzene rings is 1. The summed E-state index contributed by atoms with van der Waals surface area (Å²) in [5, 5.41) is 14.1. The zero-order valence-electron chi connectivity index (χ0n) is 11.4. The Morgan fingerprint density at radius 1 is 1.35 bits per heavy atom. The Morgan fingerprint density at radius 3 is 2.70 bits per heavy atom. The highest BCUT2D eigenvalue weighted by Crippen LogP contribution is 2.13. The van der Waals surface area contributed by atoms with E-state index in [0.29, 0.717) is 0 Å². The molecule has 20 heavy (non-hydrogen) atoms. The Morgan fingerprint density at radius 2 is 2.05 bits per heavy atom. The normalized spacial score (nSPS) is 12.4. The molecular weight excluding hydrogens is 258 g/mol. The van der Waals surface area contributed by atoms with E-state index in [1.807, 2.05) is 30.3 Å². The number of carbonyl (C=O) groups is 1. The first-order valence-corrected chi connectivity index (χ1v) is 6.39. The quantitative estimate of drug-likeness (QED) is 0.838. The number of esters is 1. The lowest BCUT2D eigenvalue weighted by atomic mass is 10.1. The number of carbonyl (C=O) groups excluding carboxylic acids is 1. The van der Waals surface area contributed by atoms with Gasteiger partial charge in [-0.3, -0.25) is 0 Å². The van der Waals surface area contributed by atoms with Crippen LogP contribution in [0.4, 0.5) is 0 Å². The molecule has 0 bridgehead atoms. The highest BCUT2D eigenvalue weighted by molar-refractivity contribution is 5.84. The Hall–Kier alpha value is -2.21. The average Bonchev–Trinajstić information content (AvgIpc) is 2.87. The lowest BCUT2D eigenvalue weighted by molar-refractivity contribution is 0.0362. The third kappa shape index (κ3) is 3.64. The van der Waals surface area contributed by atoms with E-state index in [2.05, 4.69) is 10.1 Å². The smallest absolute Gasteiger partial charge is 0.378 e. The maximum Gasteiger partial charge on any atom is 0.378 e. The van der Waals surface area contributed by atoms with Crippen molar-refractivity contribution in [3.8, 4) is 0 Å². The van der Waals surface area contributed by atoms with Gasteiger partial charge >= 0.3 is 5.97 Å². The first-order chi connectivity index (χ1) is 9.56. The van der Waals surface area contributed by atoms with Gasteiger partial charge in [-0.2, -0.15) is 0 Å². The Bertz CT molecular complexity index is 566. The molecule has 0 amide bonds. The molecule has 0 saturated heterocycles. The van der Waals surface area contributed by atoms with Crippen LogP contribution in [0.15, 0.2) is 36.7 Å². The van der Waals surface area contributed by atoms with Crippen LogP contribution in [-0.4, -0.2) is 31.9 Å². The van der Waals surface area contributed by atoms with Crippen LogP contribution in [0.5, 0.6) is 0 Å². The lowest BCUT2D eigenvalue weighted by Crippen LogP contribution is -2.14. The van der Waals surface area contributed by atoms with Gasteiger partial charge in [-0.25, -0.2) is 14.5 Å². The molecule has 1 heterocycles. The van der Waals surface area contributed by atoms with E-state index in [-0.39, 0.29) is 18.5 Å². The van der Waals surface area contributed by atoms with Crippen LogP contribution >= 0.6 is 0 Å². The predicted octanol–water partition coefficient (Wildman–Crippen LogP) is 1.58. The Labute approximate surface area is 117 Å². The molecule has 1 atom stereocenters. The summed E-state index contributed by atoms with van der Waals surface area (Å²) in [5.74, 6) is -0.563. The Balaban J connectivity index is 2.01. The maximum absolute atomic E-state index is 11.6. The van der Waals surface area contributed by atoms with Crippen molar-refractivity contribution in [1.82, 2.24) is 14.8 Å². The zero-order valence-corrected chi connectivity index (χ0v) is 11.4. The fraction of sp³-hybridized carbons (Fsp3) is 0.357. The second kappa shape index (κ2) is 6.29. The molecule has 0 aliphatic heterocycles. The van der Waals surface area contributed by atoms with Crippen molar-refractivity contribution in [3.63, 3.8) is 0 Å². The van der Waals surface area contributed by atoms with Crippen molar-refractivity contribution in [1.29, 1.82) is 0 Å². The van der Waals surface area contributed by atoms with E-state index >= 15 is 0 Å². The highest BCUT2D eigenvalue weighted by atomic mass is 16.5. The number of hydrogen-bond acceptors (Lipinski definition) is 5. The van der Waals surface area contributed by atoms with Gasteiger partial charge in [0.05, 0.1) is 18.8 Å². The average molecular weight is 275 g/mol. The Kier molecular flexibility index (Phi) is 4.47. The van der Waals surface area contributed by atoms with E-state index in [9.17, 15) is 9.90 Å². The molecule has 6 heteroatoms. The minimum atomic E-state index is -0.702. The molecule has 2 aromatic rings. The molecule has 1 aromatic carbocycles. The van der Waals surface area contributed by atoms with Gasteiger partial charge in [0, 0.05) is 0 Å². The van der Waals surface area contributed by atoms with Gasteiger partial charge in [0.2, 0.25) is 0 Å². The number of ether oxygens (including phenoxy) is 1. The molecule has 1 unspecified atom stereocenters. The van der Waals surface area contributed by atoms with E-state index in [1.54, 1.807) is 13.8 Å². The zero-order chi connectivity index (χ0) is 14.5. The van der Waals surface area contributed by atoms with Crippen LogP contribution in [-0.2, 0) is 11.3 Å². The topological polar surface area (TPSA) is 77.2 Å². The van der Waals surface area contributed by atoms with Crippen molar-refractivity contribution >= 4 is 5.97 Å². The SMILES string of the molecule is CC(C)OC(=O)c1ncn(CC(O)c2ccccc2)n1. The molecule has 106 valence electrons. The fourth-order valence-electron chi connectivity index (χ4n) is 1.70. The lowest BCUT2D eigenvalue weighted by Gasteiger charge is -2.10. The fourth-order valence-corrected chi connectivity index (χ4v) is 1.70. The molecule has 2 rings (SSSR count). The summed E-state index contributed by atoms with van der Waals surface area (Å²) in [6.45, 7) is 3.74. The molecule has 0 aliphatic carbocycles. The summed E-state index contributed by atoms with van der Waals surface area (Å²) in [5.41, 5.74) is 0.786. The van der Waals surface area contributed by atoms with E-state index < -0.39 is 12.1 Å². The van der Waals surface area contributed by atoms with Crippen molar-refractivity contribution in [2.75, 3.05) is 0 Å². The number of hydrogen-bond donors (Lipinski definition) is 1. The van der Waals surface area contributed by atoms with Crippen LogP contribution < -0.4 is 0 Å². The van der Waals surface area contributed by atoms with E-state index in [1.165, 1.54) is 11.0 Å². The standard InChI is InChI=1S/C14H17N3O3/c1-10(2)20-14(19)13-15-9-17(16-13)8-12(18)11-6-4-3-5-7-11/h3-7,9-10,12,18H,8H2,1-2H3. The molecule has 0 aliphatic rings. The van der Waals surface area contributed by atoms with Crippen molar-refractivity contribution in [2.45, 2.75) is 32.6 Å². The van der Waals surface area contributed by atoms with Gasteiger partial charge in [-0.05, 0) is 19.4 Å². The number of aliphatic hydroxyl groups is 1. The number of rotatable bonds is 5. The van der Waals surface area contributed by atoms with Gasteiger partial charge < -0.3 is 9.84 Å². The molecule has 6 nitrogen and oxygen atoms in total. The van der Waals surface area contributed by atoms with Crippen LogP contribution in [0, 0.1) is 0 Å². The second-order valence-corrected chi connectivity index (χ2v) is 4.67. The number of nitrogens with zero attached hydrogens (tertiary/aromatic N) is 3. The van der Waals surface area contributed by atoms with Crippen LogP contribution in [0.3, 0.4) is 0 Å². The summed E-state index contributed by atoms with van der Waals surface area (Å²) in [7, 11) is 0. The van der Waals surface area contributed by atoms with Gasteiger partial charge in [0.15, 0.2) is 0 Å². The summed E-state index contributed by atoms with van der Waals surface area (Å²) in [6.07, 6.45) is 0.486. The molecule has 1 aromatic heterocycles. The predicted molar refractivity (Wildman–Crippen MR) is 72.0 cm³/mol. The molecule has 0 fully saturated rings. The van der Waals surface area contributed by atoms with Crippen LogP contribution in [0.1, 0.15) is 36.1 Å². The van der Waals surface area contributed by atoms with Crippen molar-refractivity contribution in [2.24, 2.45) is 0 Å². The molecule has 0 saturated carbocycles. The molecule has 1 N–H and O–H groups in total. The van der Waals surface area contributed by atoms with E-state index in [4.69, 9.17) is 4.74 Å². The van der Waals surface area contributed by atoms with Crippen LogP contribution in [0.25, 0.3) is 0 Å². The molecular formula is C14H17N3O3. The second-order valence-electron chi connectivity index (χ2n) is 4.67. The van der Waals surface area contributed by atoms with Gasteiger partial charge in [-0.1, -0.05) is 30.3 Å². The monoisotopic (exact) mass is 275 g/mol. The van der Waals surface area contributed by atoms with Gasteiger partial charge in [-0.15, -0.1) is 5.10 Å². The highest BCUT2D eigenvalue weighted by Gasteiger charge is 2.16. The first-order valence-electron chi connectivity index (χ1n) is 6.39. The molecule has 0 radical (unpaired) electrons. The van der Waals surface area contributed by atoms with E-state index in [0.717, 1.165) is 5.56 Å². The third-order valence-corrected chi connectivity index (χ3v) is 2.61. The minimum Gasteiger partial charge on any atom is -0.457 e. The number of aromatic nitrogens is 3. The van der Waals surface area contributed by atoms with Gasteiger partial charge in [0.25, 0.3) is 5.82 Å². The molecule has 0 spiro atoms. The largest absolute Gasteiger partial charge is 0.457 e. The van der Waals surface area contributed by atoms with Crippen molar-refractivity contribution in [3.05, 3.63) is 48.0 Å². The van der Waals surface area contributed by atoms with Gasteiger partial charge in [0.1, 0.15) is 6.33 Å². The summed E-state index contributed by atoms with van der Waals surface area (Å²) >= 11 is 0. The first kappa shape index (κ1) is 14.2.